The molecule has 1 aliphatic heterocycles. The summed E-state index contributed by atoms with van der Waals surface area (Å²) in [6, 6.07) is 0. The van der Waals surface area contributed by atoms with Gasteiger partial charge in [-0.05, 0) is 31.6 Å². The average molecular weight is 207 g/mol. The lowest BCUT2D eigenvalue weighted by Crippen LogP contribution is -2.48. The van der Waals surface area contributed by atoms with E-state index in [0.717, 1.165) is 25.7 Å². The Morgan fingerprint density at radius 3 is 3.20 bits per heavy atom. The van der Waals surface area contributed by atoms with E-state index in [1.165, 1.54) is 5.71 Å². The summed E-state index contributed by atoms with van der Waals surface area (Å²) < 4.78 is 0. The molecule has 0 aromatic carbocycles. The highest BCUT2D eigenvalue weighted by atomic mass is 16.6. The van der Waals surface area contributed by atoms with Crippen molar-refractivity contribution in [3.63, 3.8) is 0 Å². The molecule has 3 heteroatoms. The van der Waals surface area contributed by atoms with Gasteiger partial charge in [0, 0.05) is 11.8 Å². The topological polar surface area (TPSA) is 41.8 Å². The molecule has 0 unspecified atom stereocenters. The van der Waals surface area contributed by atoms with E-state index in [-0.39, 0.29) is 5.92 Å². The summed E-state index contributed by atoms with van der Waals surface area (Å²) in [6.45, 7) is 4.52. The van der Waals surface area contributed by atoms with Gasteiger partial charge >= 0.3 is 0 Å². The SMILES string of the molecule is C=C[C@H]1CC[C@@H]2[C@H]3CON=C3CC[C@@]21O. The normalized spacial score (nSPS) is 47.8. The van der Waals surface area contributed by atoms with Crippen LogP contribution in [0.5, 0.6) is 0 Å². The van der Waals surface area contributed by atoms with Gasteiger partial charge in [-0.3, -0.25) is 0 Å². The molecule has 1 heterocycles. The van der Waals surface area contributed by atoms with E-state index in [4.69, 9.17) is 4.84 Å². The van der Waals surface area contributed by atoms with Crippen LogP contribution in [0.15, 0.2) is 17.8 Å². The largest absolute Gasteiger partial charge is 0.395 e. The zero-order valence-electron chi connectivity index (χ0n) is 8.85. The summed E-state index contributed by atoms with van der Waals surface area (Å²) in [7, 11) is 0. The van der Waals surface area contributed by atoms with Gasteiger partial charge in [-0.25, -0.2) is 0 Å². The lowest BCUT2D eigenvalue weighted by atomic mass is 9.68. The molecule has 0 spiro atoms. The van der Waals surface area contributed by atoms with Gasteiger partial charge in [0.2, 0.25) is 0 Å². The highest BCUT2D eigenvalue weighted by molar-refractivity contribution is 5.88. The summed E-state index contributed by atoms with van der Waals surface area (Å²) in [4.78, 5) is 5.16. The fourth-order valence-corrected chi connectivity index (χ4v) is 3.65. The van der Waals surface area contributed by atoms with E-state index < -0.39 is 5.60 Å². The van der Waals surface area contributed by atoms with Crippen molar-refractivity contribution >= 4 is 5.71 Å². The number of hydrogen-bond acceptors (Lipinski definition) is 3. The van der Waals surface area contributed by atoms with Gasteiger partial charge < -0.3 is 9.94 Å². The summed E-state index contributed by atoms with van der Waals surface area (Å²) in [5.74, 6) is 0.980. The molecule has 2 aliphatic carbocycles. The lowest BCUT2D eigenvalue weighted by Gasteiger charge is -2.40. The number of aliphatic hydroxyl groups is 1. The van der Waals surface area contributed by atoms with Gasteiger partial charge in [0.05, 0.1) is 11.3 Å². The molecule has 3 rings (SSSR count). The van der Waals surface area contributed by atoms with Crippen LogP contribution >= 0.6 is 0 Å². The summed E-state index contributed by atoms with van der Waals surface area (Å²) in [5, 5.41) is 14.8. The minimum absolute atomic E-state index is 0.268. The zero-order chi connectivity index (χ0) is 10.5. The molecular formula is C12H17NO2. The Hall–Kier alpha value is -0.830. The van der Waals surface area contributed by atoms with Gasteiger partial charge in [-0.2, -0.15) is 0 Å². The van der Waals surface area contributed by atoms with Crippen molar-refractivity contribution in [3.8, 4) is 0 Å². The predicted molar refractivity (Wildman–Crippen MR) is 57.5 cm³/mol. The average Bonchev–Trinajstić information content (AvgIpc) is 2.79. The van der Waals surface area contributed by atoms with Crippen LogP contribution in [-0.2, 0) is 4.84 Å². The predicted octanol–water partition coefficient (Wildman–Crippen LogP) is 1.73. The molecule has 82 valence electrons. The molecule has 1 N–H and O–H groups in total. The summed E-state index contributed by atoms with van der Waals surface area (Å²) >= 11 is 0. The second kappa shape index (κ2) is 3.08. The van der Waals surface area contributed by atoms with Crippen LogP contribution in [0.2, 0.25) is 0 Å². The summed E-state index contributed by atoms with van der Waals surface area (Å²) in [6.07, 6.45) is 5.79. The molecule has 3 aliphatic rings. The molecule has 15 heavy (non-hydrogen) atoms. The quantitative estimate of drug-likeness (QED) is 0.665. The Morgan fingerprint density at radius 1 is 1.53 bits per heavy atom. The van der Waals surface area contributed by atoms with Crippen LogP contribution in [0.4, 0.5) is 0 Å². The number of oxime groups is 1. The van der Waals surface area contributed by atoms with E-state index in [9.17, 15) is 5.11 Å². The zero-order valence-corrected chi connectivity index (χ0v) is 8.85. The van der Waals surface area contributed by atoms with Gasteiger partial charge in [0.25, 0.3) is 0 Å². The van der Waals surface area contributed by atoms with Gasteiger partial charge in [0.1, 0.15) is 6.61 Å². The molecule has 0 radical (unpaired) electrons. The first-order valence-electron chi connectivity index (χ1n) is 5.79. The molecule has 0 aromatic heterocycles. The summed E-state index contributed by atoms with van der Waals surface area (Å²) in [5.41, 5.74) is 0.647. The lowest BCUT2D eigenvalue weighted by molar-refractivity contribution is -0.0517. The van der Waals surface area contributed by atoms with Gasteiger partial charge in [0.15, 0.2) is 0 Å². The molecule has 0 saturated heterocycles. The van der Waals surface area contributed by atoms with Crippen molar-refractivity contribution in [1.29, 1.82) is 0 Å². The van der Waals surface area contributed by atoms with E-state index in [1.54, 1.807) is 0 Å². The highest BCUT2D eigenvalue weighted by Crippen LogP contribution is 2.52. The van der Waals surface area contributed by atoms with E-state index >= 15 is 0 Å². The molecule has 0 amide bonds. The van der Waals surface area contributed by atoms with Crippen molar-refractivity contribution in [2.24, 2.45) is 22.9 Å². The Labute approximate surface area is 89.8 Å². The van der Waals surface area contributed by atoms with Crippen molar-refractivity contribution in [2.45, 2.75) is 31.3 Å². The first-order valence-corrected chi connectivity index (χ1v) is 5.79. The van der Waals surface area contributed by atoms with Crippen molar-refractivity contribution < 1.29 is 9.94 Å². The first-order chi connectivity index (χ1) is 7.25. The highest BCUT2D eigenvalue weighted by Gasteiger charge is 2.55. The number of rotatable bonds is 1. The fraction of sp³-hybridized carbons (Fsp3) is 0.750. The minimum Gasteiger partial charge on any atom is -0.395 e. The molecule has 0 bridgehead atoms. The third-order valence-corrected chi connectivity index (χ3v) is 4.49. The van der Waals surface area contributed by atoms with Crippen molar-refractivity contribution in [1.82, 2.24) is 0 Å². The first kappa shape index (κ1) is 9.40. The second-order valence-corrected chi connectivity index (χ2v) is 5.00. The van der Waals surface area contributed by atoms with Crippen LogP contribution < -0.4 is 0 Å². The van der Waals surface area contributed by atoms with Gasteiger partial charge in [-0.1, -0.05) is 11.2 Å². The Morgan fingerprint density at radius 2 is 2.40 bits per heavy atom. The van der Waals surface area contributed by atoms with E-state index in [2.05, 4.69) is 11.7 Å². The van der Waals surface area contributed by atoms with Crippen LogP contribution in [-0.4, -0.2) is 23.0 Å². The number of nitrogens with zero attached hydrogens (tertiary/aromatic N) is 1. The molecule has 0 aromatic rings. The third-order valence-electron chi connectivity index (χ3n) is 4.49. The Balaban J connectivity index is 1.93. The standard InChI is InChI=1S/C12H17NO2/c1-2-8-3-4-10-9-7-15-13-11(9)5-6-12(8,10)14/h2,8-10,14H,1,3-7H2/t8-,9+,10+,12-/m0/s1. The molecule has 2 fully saturated rings. The van der Waals surface area contributed by atoms with E-state index in [1.807, 2.05) is 6.08 Å². The maximum absolute atomic E-state index is 10.7. The number of hydrogen-bond donors (Lipinski definition) is 1. The van der Waals surface area contributed by atoms with Crippen LogP contribution in [0, 0.1) is 17.8 Å². The van der Waals surface area contributed by atoms with E-state index in [0.29, 0.717) is 18.4 Å². The monoisotopic (exact) mass is 207 g/mol. The Kier molecular flexibility index (Phi) is 1.93. The minimum atomic E-state index is -0.529. The van der Waals surface area contributed by atoms with Crippen molar-refractivity contribution in [2.75, 3.05) is 6.61 Å². The third kappa shape index (κ3) is 1.13. The fourth-order valence-electron chi connectivity index (χ4n) is 3.65. The van der Waals surface area contributed by atoms with Gasteiger partial charge in [-0.15, -0.1) is 6.58 Å². The Bertz CT molecular complexity index is 326. The van der Waals surface area contributed by atoms with Crippen LogP contribution in [0.1, 0.15) is 25.7 Å². The van der Waals surface area contributed by atoms with Crippen LogP contribution in [0.25, 0.3) is 0 Å². The maximum atomic E-state index is 10.7. The van der Waals surface area contributed by atoms with Crippen LogP contribution in [0.3, 0.4) is 0 Å². The molecular weight excluding hydrogens is 190 g/mol. The maximum Gasteiger partial charge on any atom is 0.125 e. The van der Waals surface area contributed by atoms with Crippen molar-refractivity contribution in [3.05, 3.63) is 12.7 Å². The molecule has 2 saturated carbocycles. The number of fused-ring (bicyclic) bond motifs is 3. The second-order valence-electron chi connectivity index (χ2n) is 5.00. The molecule has 4 atom stereocenters. The smallest absolute Gasteiger partial charge is 0.125 e. The molecule has 3 nitrogen and oxygen atoms in total.